The SMILES string of the molecule is CNCC1CCCN1c1ccc(C(=O)O)c(F)c1F. The molecule has 1 aromatic carbocycles. The second-order valence-electron chi connectivity index (χ2n) is 4.61. The van der Waals surface area contributed by atoms with Crippen LogP contribution >= 0.6 is 0 Å². The maximum Gasteiger partial charge on any atom is 0.338 e. The van der Waals surface area contributed by atoms with Gasteiger partial charge in [-0.05, 0) is 32.0 Å². The summed E-state index contributed by atoms with van der Waals surface area (Å²) in [6.45, 7) is 1.33. The normalized spacial score (nSPS) is 18.9. The van der Waals surface area contributed by atoms with Crippen molar-refractivity contribution in [1.82, 2.24) is 5.32 Å². The number of nitrogens with one attached hydrogen (secondary N) is 1. The van der Waals surface area contributed by atoms with E-state index < -0.39 is 23.2 Å². The number of likely N-dealkylation sites (N-methyl/N-ethyl adjacent to an activating group) is 1. The minimum absolute atomic E-state index is 0.106. The van der Waals surface area contributed by atoms with Crippen LogP contribution in [0.15, 0.2) is 12.1 Å². The number of carbonyl (C=O) groups is 1. The van der Waals surface area contributed by atoms with Gasteiger partial charge in [0.1, 0.15) is 0 Å². The zero-order chi connectivity index (χ0) is 14.0. The Morgan fingerprint density at radius 2 is 2.21 bits per heavy atom. The van der Waals surface area contributed by atoms with Crippen LogP contribution in [0.1, 0.15) is 23.2 Å². The summed E-state index contributed by atoms with van der Waals surface area (Å²) in [6, 6.07) is 2.57. The second kappa shape index (κ2) is 5.52. The maximum atomic E-state index is 14.0. The summed E-state index contributed by atoms with van der Waals surface area (Å²) >= 11 is 0. The fourth-order valence-corrected chi connectivity index (χ4v) is 2.53. The third-order valence-corrected chi connectivity index (χ3v) is 3.42. The van der Waals surface area contributed by atoms with E-state index in [1.165, 1.54) is 6.07 Å². The fourth-order valence-electron chi connectivity index (χ4n) is 2.53. The van der Waals surface area contributed by atoms with E-state index in [9.17, 15) is 13.6 Å². The van der Waals surface area contributed by atoms with Crippen LogP contribution in [0.25, 0.3) is 0 Å². The Hall–Kier alpha value is -1.69. The van der Waals surface area contributed by atoms with Crippen LogP contribution in [0.5, 0.6) is 0 Å². The molecular formula is C13H16F2N2O2. The summed E-state index contributed by atoms with van der Waals surface area (Å²) in [4.78, 5) is 12.5. The Kier molecular flexibility index (Phi) is 3.99. The van der Waals surface area contributed by atoms with Gasteiger partial charge in [-0.3, -0.25) is 0 Å². The predicted octanol–water partition coefficient (Wildman–Crippen LogP) is 1.85. The molecule has 1 aromatic rings. The molecule has 0 spiro atoms. The highest BCUT2D eigenvalue weighted by molar-refractivity contribution is 5.88. The van der Waals surface area contributed by atoms with Crippen LogP contribution in [-0.4, -0.2) is 37.3 Å². The van der Waals surface area contributed by atoms with Gasteiger partial charge in [-0.25, -0.2) is 13.6 Å². The van der Waals surface area contributed by atoms with Crippen molar-refractivity contribution in [2.45, 2.75) is 18.9 Å². The molecule has 6 heteroatoms. The molecule has 1 atom stereocenters. The molecule has 2 rings (SSSR count). The minimum Gasteiger partial charge on any atom is -0.478 e. The fraction of sp³-hybridized carbons (Fsp3) is 0.462. The van der Waals surface area contributed by atoms with Crippen molar-refractivity contribution in [3.63, 3.8) is 0 Å². The first-order valence-electron chi connectivity index (χ1n) is 6.18. The first-order chi connectivity index (χ1) is 9.06. The van der Waals surface area contributed by atoms with Gasteiger partial charge in [0.25, 0.3) is 0 Å². The van der Waals surface area contributed by atoms with Gasteiger partial charge in [0.05, 0.1) is 11.3 Å². The molecule has 0 aromatic heterocycles. The van der Waals surface area contributed by atoms with E-state index in [-0.39, 0.29) is 11.7 Å². The number of aromatic carboxylic acids is 1. The Balaban J connectivity index is 2.35. The van der Waals surface area contributed by atoms with Gasteiger partial charge in [0.2, 0.25) is 0 Å². The van der Waals surface area contributed by atoms with Crippen LogP contribution < -0.4 is 10.2 Å². The molecular weight excluding hydrogens is 254 g/mol. The summed E-state index contributed by atoms with van der Waals surface area (Å²) in [6.07, 6.45) is 1.82. The van der Waals surface area contributed by atoms with Gasteiger partial charge in [0, 0.05) is 19.1 Å². The average Bonchev–Trinajstić information content (AvgIpc) is 2.81. The summed E-state index contributed by atoms with van der Waals surface area (Å²) in [5, 5.41) is 11.8. The second-order valence-corrected chi connectivity index (χ2v) is 4.61. The highest BCUT2D eigenvalue weighted by Crippen LogP contribution is 2.30. The van der Waals surface area contributed by atoms with Crippen LogP contribution in [0.3, 0.4) is 0 Å². The van der Waals surface area contributed by atoms with Crippen molar-refractivity contribution in [2.75, 3.05) is 25.0 Å². The van der Waals surface area contributed by atoms with E-state index in [0.29, 0.717) is 13.1 Å². The van der Waals surface area contributed by atoms with Crippen molar-refractivity contribution in [3.05, 3.63) is 29.3 Å². The maximum absolute atomic E-state index is 14.0. The molecule has 1 unspecified atom stereocenters. The Bertz CT molecular complexity index is 494. The van der Waals surface area contributed by atoms with Crippen molar-refractivity contribution >= 4 is 11.7 Å². The smallest absolute Gasteiger partial charge is 0.338 e. The van der Waals surface area contributed by atoms with Crippen LogP contribution in [0.4, 0.5) is 14.5 Å². The number of benzene rings is 1. The number of carboxylic acids is 1. The van der Waals surface area contributed by atoms with E-state index in [1.807, 2.05) is 0 Å². The van der Waals surface area contributed by atoms with E-state index in [0.717, 1.165) is 18.9 Å². The molecule has 0 saturated carbocycles. The molecule has 0 amide bonds. The molecule has 1 aliphatic rings. The molecule has 1 heterocycles. The molecule has 2 N–H and O–H groups in total. The highest BCUT2D eigenvalue weighted by Gasteiger charge is 2.28. The molecule has 0 radical (unpaired) electrons. The Morgan fingerprint density at radius 3 is 2.84 bits per heavy atom. The topological polar surface area (TPSA) is 52.6 Å². The molecule has 1 saturated heterocycles. The molecule has 1 aliphatic heterocycles. The Morgan fingerprint density at radius 1 is 1.47 bits per heavy atom. The number of anilines is 1. The van der Waals surface area contributed by atoms with Gasteiger partial charge in [-0.15, -0.1) is 0 Å². The van der Waals surface area contributed by atoms with Gasteiger partial charge >= 0.3 is 5.97 Å². The predicted molar refractivity (Wildman–Crippen MR) is 67.6 cm³/mol. The van der Waals surface area contributed by atoms with E-state index in [2.05, 4.69) is 5.32 Å². The van der Waals surface area contributed by atoms with Gasteiger partial charge in [-0.1, -0.05) is 0 Å². The molecule has 0 aliphatic carbocycles. The van der Waals surface area contributed by atoms with Gasteiger partial charge < -0.3 is 15.3 Å². The zero-order valence-electron chi connectivity index (χ0n) is 10.6. The lowest BCUT2D eigenvalue weighted by molar-refractivity contribution is 0.0690. The first kappa shape index (κ1) is 13.7. The lowest BCUT2D eigenvalue weighted by atomic mass is 10.1. The lowest BCUT2D eigenvalue weighted by Gasteiger charge is -2.27. The van der Waals surface area contributed by atoms with E-state index in [1.54, 1.807) is 11.9 Å². The average molecular weight is 270 g/mol. The van der Waals surface area contributed by atoms with Crippen molar-refractivity contribution in [1.29, 1.82) is 0 Å². The number of hydrogen-bond donors (Lipinski definition) is 2. The van der Waals surface area contributed by atoms with Crippen LogP contribution in [0, 0.1) is 11.6 Å². The standard InChI is InChI=1S/C13H16F2N2O2/c1-16-7-8-3-2-6-17(8)10-5-4-9(13(18)19)11(14)12(10)15/h4-5,8,16H,2-3,6-7H2,1H3,(H,18,19). The molecule has 1 fully saturated rings. The zero-order valence-corrected chi connectivity index (χ0v) is 10.6. The summed E-state index contributed by atoms with van der Waals surface area (Å²) in [5.74, 6) is -3.83. The largest absolute Gasteiger partial charge is 0.478 e. The number of carboxylic acid groups (broad SMARTS) is 1. The van der Waals surface area contributed by atoms with Gasteiger partial charge in [0.15, 0.2) is 11.6 Å². The minimum atomic E-state index is -1.46. The van der Waals surface area contributed by atoms with Crippen molar-refractivity contribution in [3.8, 4) is 0 Å². The summed E-state index contributed by atoms with van der Waals surface area (Å²) in [7, 11) is 1.81. The molecule has 104 valence electrons. The molecule has 4 nitrogen and oxygen atoms in total. The van der Waals surface area contributed by atoms with E-state index in [4.69, 9.17) is 5.11 Å². The van der Waals surface area contributed by atoms with Crippen LogP contribution in [0.2, 0.25) is 0 Å². The third kappa shape index (κ3) is 2.53. The number of halogens is 2. The van der Waals surface area contributed by atoms with Crippen LogP contribution in [-0.2, 0) is 0 Å². The van der Waals surface area contributed by atoms with Gasteiger partial charge in [-0.2, -0.15) is 0 Å². The third-order valence-electron chi connectivity index (χ3n) is 3.42. The number of nitrogens with zero attached hydrogens (tertiary/aromatic N) is 1. The summed E-state index contributed by atoms with van der Waals surface area (Å²) in [5.41, 5.74) is -0.495. The number of hydrogen-bond acceptors (Lipinski definition) is 3. The summed E-state index contributed by atoms with van der Waals surface area (Å²) < 4.78 is 27.7. The highest BCUT2D eigenvalue weighted by atomic mass is 19.2. The lowest BCUT2D eigenvalue weighted by Crippen LogP contribution is -2.37. The van der Waals surface area contributed by atoms with Crippen molar-refractivity contribution in [2.24, 2.45) is 0 Å². The monoisotopic (exact) mass is 270 g/mol. The molecule has 0 bridgehead atoms. The quantitative estimate of drug-likeness (QED) is 0.876. The number of rotatable bonds is 4. The first-order valence-corrected chi connectivity index (χ1v) is 6.18. The van der Waals surface area contributed by atoms with Crippen molar-refractivity contribution < 1.29 is 18.7 Å². The molecule has 19 heavy (non-hydrogen) atoms. The van der Waals surface area contributed by atoms with E-state index >= 15 is 0 Å². The Labute approximate surface area is 110 Å².